The minimum Gasteiger partial charge on any atom is -0.346 e. The Balaban J connectivity index is 1.47. The summed E-state index contributed by atoms with van der Waals surface area (Å²) in [7, 11) is 0. The Morgan fingerprint density at radius 3 is 2.95 bits per heavy atom. The van der Waals surface area contributed by atoms with Gasteiger partial charge >= 0.3 is 0 Å². The van der Waals surface area contributed by atoms with Crippen LogP contribution in [-0.4, -0.2) is 20.1 Å². The number of fused-ring (bicyclic) bond motifs is 1. The maximum absolute atomic E-state index is 5.52. The quantitative estimate of drug-likeness (QED) is 0.777. The highest BCUT2D eigenvalue weighted by Crippen LogP contribution is 2.61. The average molecular weight is 280 g/mol. The van der Waals surface area contributed by atoms with Crippen molar-refractivity contribution in [3.63, 3.8) is 0 Å². The molecule has 3 aromatic rings. The predicted octanol–water partition coefficient (Wildman–Crippen LogP) is 3.66. The fourth-order valence-electron chi connectivity index (χ4n) is 3.91. The van der Waals surface area contributed by atoms with Gasteiger partial charge in [-0.05, 0) is 43.2 Å². The molecule has 2 fully saturated rings. The van der Waals surface area contributed by atoms with Crippen LogP contribution in [0.5, 0.6) is 0 Å². The second-order valence-electron chi connectivity index (χ2n) is 6.51. The highest BCUT2D eigenvalue weighted by atomic mass is 16.5. The summed E-state index contributed by atoms with van der Waals surface area (Å²) in [6, 6.07) is 3.94. The molecule has 1 spiro atoms. The second kappa shape index (κ2) is 3.93. The number of nitrogens with zero attached hydrogens (tertiary/aromatic N) is 3. The first-order valence-electron chi connectivity index (χ1n) is 7.59. The first-order valence-corrected chi connectivity index (χ1v) is 7.59. The lowest BCUT2D eigenvalue weighted by Gasteiger charge is -2.53. The van der Waals surface area contributed by atoms with Crippen LogP contribution in [-0.2, 0) is 0 Å². The van der Waals surface area contributed by atoms with E-state index in [1.54, 1.807) is 6.20 Å². The number of H-pyrrole nitrogens is 1. The standard InChI is InChI=1S/C16H16N4O/c1-4-16(5-1)8-10(9-16)15-19-14(20-21-15)12-3-7-18-13-11(12)2-6-17-13/h2-3,6-7,10H,1,4-5,8-9H2,(H,17,18). The molecule has 3 heterocycles. The number of nitrogens with one attached hydrogen (secondary N) is 1. The van der Waals surface area contributed by atoms with Crippen LogP contribution < -0.4 is 0 Å². The van der Waals surface area contributed by atoms with E-state index < -0.39 is 0 Å². The highest BCUT2D eigenvalue weighted by molar-refractivity contribution is 5.90. The number of hydrogen-bond acceptors (Lipinski definition) is 4. The van der Waals surface area contributed by atoms with Gasteiger partial charge in [0, 0.05) is 29.3 Å². The summed E-state index contributed by atoms with van der Waals surface area (Å²) >= 11 is 0. The van der Waals surface area contributed by atoms with Gasteiger partial charge in [-0.25, -0.2) is 4.98 Å². The van der Waals surface area contributed by atoms with Crippen LogP contribution in [0.2, 0.25) is 0 Å². The maximum Gasteiger partial charge on any atom is 0.230 e. The lowest BCUT2D eigenvalue weighted by atomic mass is 9.52. The van der Waals surface area contributed by atoms with E-state index in [9.17, 15) is 0 Å². The molecule has 2 aliphatic carbocycles. The molecule has 5 rings (SSSR count). The van der Waals surface area contributed by atoms with Crippen molar-refractivity contribution >= 4 is 11.0 Å². The van der Waals surface area contributed by atoms with Crippen molar-refractivity contribution in [1.82, 2.24) is 20.1 Å². The molecular formula is C16H16N4O. The van der Waals surface area contributed by atoms with E-state index in [1.165, 1.54) is 32.1 Å². The molecule has 0 amide bonds. The van der Waals surface area contributed by atoms with Gasteiger partial charge in [-0.15, -0.1) is 0 Å². The Morgan fingerprint density at radius 2 is 2.14 bits per heavy atom. The monoisotopic (exact) mass is 280 g/mol. The van der Waals surface area contributed by atoms with Gasteiger partial charge in [0.25, 0.3) is 0 Å². The number of hydrogen-bond donors (Lipinski definition) is 1. The molecule has 21 heavy (non-hydrogen) atoms. The van der Waals surface area contributed by atoms with Gasteiger partial charge in [0.1, 0.15) is 5.65 Å². The SMILES string of the molecule is c1cc(-c2noc(C3CC4(CCC4)C3)n2)c2cc[nH]c2n1. The lowest BCUT2D eigenvalue weighted by Crippen LogP contribution is -2.41. The Hall–Kier alpha value is -2.17. The van der Waals surface area contributed by atoms with Crippen molar-refractivity contribution < 1.29 is 4.52 Å². The van der Waals surface area contributed by atoms with Crippen LogP contribution in [0.15, 0.2) is 29.0 Å². The van der Waals surface area contributed by atoms with Crippen molar-refractivity contribution in [2.45, 2.75) is 38.0 Å². The van der Waals surface area contributed by atoms with Crippen LogP contribution in [0.25, 0.3) is 22.4 Å². The van der Waals surface area contributed by atoms with Crippen molar-refractivity contribution in [1.29, 1.82) is 0 Å². The molecule has 0 bridgehead atoms. The predicted molar refractivity (Wildman–Crippen MR) is 77.6 cm³/mol. The van der Waals surface area contributed by atoms with Crippen molar-refractivity contribution in [2.75, 3.05) is 0 Å². The summed E-state index contributed by atoms with van der Waals surface area (Å²) in [4.78, 5) is 12.0. The number of aromatic nitrogens is 4. The van der Waals surface area contributed by atoms with Gasteiger partial charge in [0.2, 0.25) is 11.7 Å². The number of rotatable bonds is 2. The summed E-state index contributed by atoms with van der Waals surface area (Å²) in [6.07, 6.45) is 10.3. The molecule has 0 unspecified atom stereocenters. The molecule has 5 heteroatoms. The van der Waals surface area contributed by atoms with E-state index in [0.717, 1.165) is 22.5 Å². The van der Waals surface area contributed by atoms with Gasteiger partial charge in [0.05, 0.1) is 0 Å². The van der Waals surface area contributed by atoms with E-state index in [4.69, 9.17) is 4.52 Å². The Kier molecular flexibility index (Phi) is 2.15. The lowest BCUT2D eigenvalue weighted by molar-refractivity contribution is -0.00166. The van der Waals surface area contributed by atoms with Gasteiger partial charge in [-0.3, -0.25) is 0 Å². The fraction of sp³-hybridized carbons (Fsp3) is 0.438. The largest absolute Gasteiger partial charge is 0.346 e. The molecular weight excluding hydrogens is 264 g/mol. The molecule has 106 valence electrons. The number of pyridine rings is 1. The Morgan fingerprint density at radius 1 is 1.24 bits per heavy atom. The molecule has 0 saturated heterocycles. The third-order valence-corrected chi connectivity index (χ3v) is 5.27. The van der Waals surface area contributed by atoms with Crippen LogP contribution in [0.1, 0.15) is 43.9 Å². The summed E-state index contributed by atoms with van der Waals surface area (Å²) in [5.74, 6) is 1.95. The van der Waals surface area contributed by atoms with Gasteiger partial charge < -0.3 is 9.51 Å². The van der Waals surface area contributed by atoms with Gasteiger partial charge in [-0.2, -0.15) is 4.98 Å². The van der Waals surface area contributed by atoms with E-state index in [1.807, 2.05) is 18.3 Å². The maximum atomic E-state index is 5.52. The minimum atomic E-state index is 0.468. The zero-order valence-electron chi connectivity index (χ0n) is 11.7. The number of aromatic amines is 1. The molecule has 0 radical (unpaired) electrons. The van der Waals surface area contributed by atoms with Gasteiger partial charge in [-0.1, -0.05) is 11.6 Å². The fourth-order valence-corrected chi connectivity index (χ4v) is 3.91. The smallest absolute Gasteiger partial charge is 0.230 e. The second-order valence-corrected chi connectivity index (χ2v) is 6.51. The molecule has 0 aromatic carbocycles. The van der Waals surface area contributed by atoms with Crippen molar-refractivity contribution in [3.05, 3.63) is 30.4 Å². The first-order chi connectivity index (χ1) is 10.3. The molecule has 0 aliphatic heterocycles. The molecule has 3 aromatic heterocycles. The summed E-state index contributed by atoms with van der Waals surface area (Å²) in [6.45, 7) is 0. The van der Waals surface area contributed by atoms with Crippen molar-refractivity contribution in [2.24, 2.45) is 5.41 Å². The normalized spacial score (nSPS) is 20.6. The molecule has 5 nitrogen and oxygen atoms in total. The van der Waals surface area contributed by atoms with Crippen LogP contribution in [0, 0.1) is 5.41 Å². The summed E-state index contributed by atoms with van der Waals surface area (Å²) in [5, 5.41) is 5.22. The van der Waals surface area contributed by atoms with Crippen LogP contribution in [0.3, 0.4) is 0 Å². The van der Waals surface area contributed by atoms with E-state index in [-0.39, 0.29) is 0 Å². The van der Waals surface area contributed by atoms with Crippen molar-refractivity contribution in [3.8, 4) is 11.4 Å². The van der Waals surface area contributed by atoms with Crippen LogP contribution >= 0.6 is 0 Å². The molecule has 0 atom stereocenters. The molecule has 2 saturated carbocycles. The third kappa shape index (κ3) is 1.60. The first kappa shape index (κ1) is 11.5. The van der Waals surface area contributed by atoms with Crippen LogP contribution in [0.4, 0.5) is 0 Å². The molecule has 2 aliphatic rings. The van der Waals surface area contributed by atoms with E-state index in [2.05, 4.69) is 20.1 Å². The highest BCUT2D eigenvalue weighted by Gasteiger charge is 2.50. The Labute approximate surface area is 121 Å². The van der Waals surface area contributed by atoms with E-state index >= 15 is 0 Å². The summed E-state index contributed by atoms with van der Waals surface area (Å²) in [5.41, 5.74) is 2.47. The van der Waals surface area contributed by atoms with E-state index in [0.29, 0.717) is 17.2 Å². The third-order valence-electron chi connectivity index (χ3n) is 5.27. The minimum absolute atomic E-state index is 0.468. The Bertz CT molecular complexity index is 806. The average Bonchev–Trinajstić information content (AvgIpc) is 3.03. The molecule has 1 N–H and O–H groups in total. The summed E-state index contributed by atoms with van der Waals surface area (Å²) < 4.78 is 5.52. The zero-order valence-corrected chi connectivity index (χ0v) is 11.7. The zero-order chi connectivity index (χ0) is 13.9. The topological polar surface area (TPSA) is 67.6 Å². The van der Waals surface area contributed by atoms with Gasteiger partial charge in [0.15, 0.2) is 0 Å².